The van der Waals surface area contributed by atoms with Crippen molar-refractivity contribution in [2.24, 2.45) is 0 Å². The van der Waals surface area contributed by atoms with Gasteiger partial charge in [-0.05, 0) is 105 Å². The van der Waals surface area contributed by atoms with Gasteiger partial charge in [-0.1, -0.05) is 159 Å². The minimum atomic E-state index is 0.0331. The second-order valence-electron chi connectivity index (χ2n) is 15.2. The van der Waals surface area contributed by atoms with Crippen LogP contribution < -0.4 is 0 Å². The average Bonchev–Trinajstić information content (AvgIpc) is 3.55. The van der Waals surface area contributed by atoms with E-state index in [0.29, 0.717) is 5.82 Å². The van der Waals surface area contributed by atoms with Gasteiger partial charge in [-0.25, -0.2) is 9.97 Å². The molecule has 8 aromatic rings. The van der Waals surface area contributed by atoms with Gasteiger partial charge in [0.1, 0.15) is 0 Å². The first kappa shape index (κ1) is 33.7. The largest absolute Gasteiger partial charge is 0.228 e. The molecule has 1 aromatic heterocycles. The molecule has 10 rings (SSSR count). The smallest absolute Gasteiger partial charge is 0.160 e. The Balaban J connectivity index is 1.03. The number of benzene rings is 7. The number of nitrogens with zero attached hydrogens (tertiary/aromatic N) is 3. The molecular weight excluding hydrogens is 679 g/mol. The molecule has 2 aliphatic carbocycles. The summed E-state index contributed by atoms with van der Waals surface area (Å²) in [5.41, 5.74) is 18.0. The van der Waals surface area contributed by atoms with Crippen LogP contribution in [0.4, 0.5) is 0 Å². The summed E-state index contributed by atoms with van der Waals surface area (Å²) >= 11 is 0. The van der Waals surface area contributed by atoms with E-state index >= 15 is 0 Å². The van der Waals surface area contributed by atoms with Crippen LogP contribution in [0.5, 0.6) is 0 Å². The SMILES string of the molecule is N#Cc1ccc2c(c1)-c1c(-c3cccc(-c4cccc(-c5cccc(-c6cc(-c7ccccc7)nc(-c7ccccc7)n6)c5)c4)c3)cccc1C21CCCCC1. The van der Waals surface area contributed by atoms with Crippen LogP contribution in [0.2, 0.25) is 0 Å². The third-order valence-corrected chi connectivity index (χ3v) is 11.9. The van der Waals surface area contributed by atoms with Crippen molar-refractivity contribution in [3.8, 4) is 84.5 Å². The van der Waals surface area contributed by atoms with E-state index in [4.69, 9.17) is 9.97 Å². The quantitative estimate of drug-likeness (QED) is 0.172. The van der Waals surface area contributed by atoms with Gasteiger partial charge in [-0.2, -0.15) is 5.26 Å². The maximum atomic E-state index is 9.90. The molecule has 7 aromatic carbocycles. The fraction of sp³-hybridized carbons (Fsp3) is 0.113. The van der Waals surface area contributed by atoms with Crippen LogP contribution in [0.3, 0.4) is 0 Å². The zero-order valence-electron chi connectivity index (χ0n) is 31.1. The minimum absolute atomic E-state index is 0.0331. The molecule has 1 spiro atoms. The molecule has 0 radical (unpaired) electrons. The number of fused-ring (bicyclic) bond motifs is 5. The van der Waals surface area contributed by atoms with Gasteiger partial charge in [-0.3, -0.25) is 0 Å². The molecular formula is C53H39N3. The normalized spacial score (nSPS) is 13.8. The van der Waals surface area contributed by atoms with Gasteiger partial charge >= 0.3 is 0 Å². The number of hydrogen-bond acceptors (Lipinski definition) is 3. The first-order chi connectivity index (χ1) is 27.7. The van der Waals surface area contributed by atoms with E-state index in [2.05, 4.69) is 140 Å². The second kappa shape index (κ2) is 14.1. The van der Waals surface area contributed by atoms with Crippen LogP contribution in [0.25, 0.3) is 78.4 Å². The Kier molecular flexibility index (Phi) is 8.46. The molecule has 0 atom stereocenters. The predicted molar refractivity (Wildman–Crippen MR) is 229 cm³/mol. The molecule has 0 unspecified atom stereocenters. The van der Waals surface area contributed by atoms with Gasteiger partial charge < -0.3 is 0 Å². The standard InChI is InChI=1S/C53H39N3/c54-35-36-26-27-47-46(30-36)51-45(24-13-25-48(51)53(47)28-8-3-9-29-53)43-22-11-20-41(32-43)39-18-10-19-40(31-39)42-21-12-23-44(33-42)50-34-49(37-14-4-1-5-15-37)55-52(56-50)38-16-6-2-7-17-38/h1-2,4-7,10-27,30-34H,3,8-9,28-29H2. The molecule has 1 fully saturated rings. The molecule has 0 amide bonds. The van der Waals surface area contributed by atoms with Crippen molar-refractivity contribution < 1.29 is 0 Å². The van der Waals surface area contributed by atoms with E-state index in [9.17, 15) is 5.26 Å². The van der Waals surface area contributed by atoms with Gasteiger partial charge in [0.2, 0.25) is 0 Å². The fourth-order valence-electron chi connectivity index (χ4n) is 9.23. The van der Waals surface area contributed by atoms with Crippen molar-refractivity contribution in [2.45, 2.75) is 37.5 Å². The predicted octanol–water partition coefficient (Wildman–Crippen LogP) is 13.6. The Hall–Kier alpha value is -6.89. The van der Waals surface area contributed by atoms with Crippen molar-refractivity contribution in [3.63, 3.8) is 0 Å². The summed E-state index contributed by atoms with van der Waals surface area (Å²) in [6.07, 6.45) is 6.09. The molecule has 0 aliphatic heterocycles. The van der Waals surface area contributed by atoms with E-state index in [1.54, 1.807) is 0 Å². The van der Waals surface area contributed by atoms with Crippen LogP contribution in [-0.4, -0.2) is 9.97 Å². The molecule has 0 bridgehead atoms. The van der Waals surface area contributed by atoms with E-state index in [0.717, 1.165) is 63.2 Å². The third kappa shape index (κ3) is 5.92. The highest BCUT2D eigenvalue weighted by atomic mass is 14.9. The van der Waals surface area contributed by atoms with Crippen molar-refractivity contribution in [2.75, 3.05) is 0 Å². The fourth-order valence-corrected chi connectivity index (χ4v) is 9.23. The third-order valence-electron chi connectivity index (χ3n) is 11.9. The Bertz CT molecular complexity index is 2730. The Morgan fingerprint density at radius 3 is 1.61 bits per heavy atom. The number of hydrogen-bond donors (Lipinski definition) is 0. The summed E-state index contributed by atoms with van der Waals surface area (Å²) in [6.45, 7) is 0. The lowest BCUT2D eigenvalue weighted by molar-refractivity contribution is 0.353. The van der Waals surface area contributed by atoms with Crippen molar-refractivity contribution in [3.05, 3.63) is 193 Å². The molecule has 1 saturated carbocycles. The number of nitriles is 1. The monoisotopic (exact) mass is 717 g/mol. The van der Waals surface area contributed by atoms with Crippen molar-refractivity contribution in [1.29, 1.82) is 5.26 Å². The summed E-state index contributed by atoms with van der Waals surface area (Å²) < 4.78 is 0. The van der Waals surface area contributed by atoms with Crippen molar-refractivity contribution >= 4 is 0 Å². The van der Waals surface area contributed by atoms with Crippen molar-refractivity contribution in [1.82, 2.24) is 9.97 Å². The van der Waals surface area contributed by atoms with E-state index < -0.39 is 0 Å². The summed E-state index contributed by atoms with van der Waals surface area (Å²) in [5, 5.41) is 9.90. The minimum Gasteiger partial charge on any atom is -0.228 e. The summed E-state index contributed by atoms with van der Waals surface area (Å²) in [4.78, 5) is 10.1. The molecule has 2 aliphatic rings. The molecule has 0 saturated heterocycles. The summed E-state index contributed by atoms with van der Waals surface area (Å²) in [6, 6.07) is 64.8. The molecule has 1 heterocycles. The molecule has 0 N–H and O–H groups in total. The topological polar surface area (TPSA) is 49.6 Å². The zero-order valence-corrected chi connectivity index (χ0v) is 31.1. The number of aromatic nitrogens is 2. The zero-order chi connectivity index (χ0) is 37.5. The first-order valence-electron chi connectivity index (χ1n) is 19.7. The van der Waals surface area contributed by atoms with E-state index in [1.165, 1.54) is 58.2 Å². The lowest BCUT2D eigenvalue weighted by Crippen LogP contribution is -2.28. The maximum Gasteiger partial charge on any atom is 0.160 e. The highest BCUT2D eigenvalue weighted by molar-refractivity contribution is 5.94. The maximum absolute atomic E-state index is 9.90. The summed E-state index contributed by atoms with van der Waals surface area (Å²) in [7, 11) is 0. The van der Waals surface area contributed by atoms with Crippen LogP contribution in [0.1, 0.15) is 48.8 Å². The van der Waals surface area contributed by atoms with Crippen LogP contribution in [0, 0.1) is 11.3 Å². The Morgan fingerprint density at radius 2 is 0.946 bits per heavy atom. The summed E-state index contributed by atoms with van der Waals surface area (Å²) in [5.74, 6) is 0.709. The molecule has 266 valence electrons. The van der Waals surface area contributed by atoms with Crippen LogP contribution >= 0.6 is 0 Å². The van der Waals surface area contributed by atoms with Gasteiger partial charge in [-0.15, -0.1) is 0 Å². The molecule has 56 heavy (non-hydrogen) atoms. The van der Waals surface area contributed by atoms with Crippen LogP contribution in [-0.2, 0) is 5.41 Å². The Morgan fingerprint density at radius 1 is 0.411 bits per heavy atom. The van der Waals surface area contributed by atoms with E-state index in [-0.39, 0.29) is 5.41 Å². The lowest BCUT2D eigenvalue weighted by Gasteiger charge is -2.36. The second-order valence-corrected chi connectivity index (χ2v) is 15.2. The Labute approximate surface area is 328 Å². The van der Waals surface area contributed by atoms with Gasteiger partial charge in [0.05, 0.1) is 23.0 Å². The average molecular weight is 718 g/mol. The molecule has 3 nitrogen and oxygen atoms in total. The highest BCUT2D eigenvalue weighted by Gasteiger charge is 2.44. The van der Waals surface area contributed by atoms with Gasteiger partial charge in [0.15, 0.2) is 5.82 Å². The van der Waals surface area contributed by atoms with Gasteiger partial charge in [0, 0.05) is 22.1 Å². The lowest BCUT2D eigenvalue weighted by atomic mass is 9.67. The van der Waals surface area contributed by atoms with Crippen LogP contribution in [0.15, 0.2) is 176 Å². The molecule has 3 heteroatoms. The number of rotatable bonds is 6. The van der Waals surface area contributed by atoms with E-state index in [1.807, 2.05) is 42.5 Å². The highest BCUT2D eigenvalue weighted by Crippen LogP contribution is 2.58. The van der Waals surface area contributed by atoms with Gasteiger partial charge in [0.25, 0.3) is 0 Å². The first-order valence-corrected chi connectivity index (χ1v) is 19.7.